The molecule has 0 bridgehead atoms. The highest BCUT2D eigenvalue weighted by atomic mass is 19.4. The number of nitrogens with two attached hydrogens (primary N) is 2. The van der Waals surface area contributed by atoms with E-state index in [4.69, 9.17) is 11.5 Å². The molecule has 8 heteroatoms. The predicted octanol–water partition coefficient (Wildman–Crippen LogP) is 1.21. The van der Waals surface area contributed by atoms with E-state index in [0.717, 1.165) is 13.2 Å². The second-order valence-electron chi connectivity index (χ2n) is 3.75. The molecule has 0 saturated carbocycles. The van der Waals surface area contributed by atoms with E-state index in [1.807, 2.05) is 0 Å². The van der Waals surface area contributed by atoms with E-state index >= 15 is 0 Å². The van der Waals surface area contributed by atoms with Crippen LogP contribution in [0.25, 0.3) is 0 Å². The van der Waals surface area contributed by atoms with Crippen molar-refractivity contribution in [2.45, 2.75) is 18.8 Å². The molecule has 1 rings (SSSR count). The Bertz CT molecular complexity index is 463. The summed E-state index contributed by atoms with van der Waals surface area (Å²) in [4.78, 5) is 11.2. The van der Waals surface area contributed by atoms with Crippen LogP contribution in [0.15, 0.2) is 18.2 Å². The van der Waals surface area contributed by atoms with Crippen molar-refractivity contribution < 1.29 is 27.4 Å². The lowest BCUT2D eigenvalue weighted by molar-refractivity contribution is -0.274. The number of benzene rings is 1. The zero-order valence-corrected chi connectivity index (χ0v) is 10.0. The van der Waals surface area contributed by atoms with Crippen LogP contribution in [0.5, 0.6) is 5.75 Å². The van der Waals surface area contributed by atoms with Crippen LogP contribution in [0.1, 0.15) is 5.56 Å². The Balaban J connectivity index is 2.97. The molecule has 19 heavy (non-hydrogen) atoms. The number of nitrogen functional groups attached to an aromatic ring is 1. The molecule has 0 aliphatic heterocycles. The molecule has 0 heterocycles. The minimum absolute atomic E-state index is 0.0789. The van der Waals surface area contributed by atoms with Crippen molar-refractivity contribution in [1.29, 1.82) is 0 Å². The molecule has 1 atom stereocenters. The van der Waals surface area contributed by atoms with Crippen LogP contribution in [0, 0.1) is 0 Å². The smallest absolute Gasteiger partial charge is 0.468 e. The van der Waals surface area contributed by atoms with E-state index in [-0.39, 0.29) is 17.7 Å². The molecule has 5 nitrogen and oxygen atoms in total. The van der Waals surface area contributed by atoms with Crippen LogP contribution in [0.2, 0.25) is 0 Å². The molecule has 0 radical (unpaired) electrons. The summed E-state index contributed by atoms with van der Waals surface area (Å²) in [5.41, 5.74) is 11.3. The Labute approximate surface area is 107 Å². The van der Waals surface area contributed by atoms with Gasteiger partial charge in [0.1, 0.15) is 11.8 Å². The van der Waals surface area contributed by atoms with Crippen LogP contribution in [-0.2, 0) is 16.0 Å². The monoisotopic (exact) mass is 278 g/mol. The number of alkyl halides is 3. The van der Waals surface area contributed by atoms with Gasteiger partial charge in [-0.25, -0.2) is 0 Å². The summed E-state index contributed by atoms with van der Waals surface area (Å²) < 4.78 is 44.9. The molecule has 0 aliphatic carbocycles. The molecule has 0 aliphatic rings. The normalized spacial score (nSPS) is 12.9. The van der Waals surface area contributed by atoms with Gasteiger partial charge in [-0.2, -0.15) is 0 Å². The van der Waals surface area contributed by atoms with Gasteiger partial charge in [-0.05, 0) is 23.8 Å². The van der Waals surface area contributed by atoms with Crippen molar-refractivity contribution in [2.24, 2.45) is 5.73 Å². The summed E-state index contributed by atoms with van der Waals surface area (Å²) in [6.45, 7) is 0. The van der Waals surface area contributed by atoms with E-state index in [1.54, 1.807) is 0 Å². The number of hydrogen-bond donors (Lipinski definition) is 2. The summed E-state index contributed by atoms with van der Waals surface area (Å²) in [6, 6.07) is 2.50. The molecular formula is C11H13F3N2O3. The van der Waals surface area contributed by atoms with Gasteiger partial charge in [-0.15, -0.1) is 13.2 Å². The number of hydrogen-bond acceptors (Lipinski definition) is 5. The highest BCUT2D eigenvalue weighted by Gasteiger charge is 2.32. The van der Waals surface area contributed by atoms with E-state index in [2.05, 4.69) is 9.47 Å². The van der Waals surface area contributed by atoms with Crippen molar-refractivity contribution in [3.63, 3.8) is 0 Å². The van der Waals surface area contributed by atoms with Crippen LogP contribution >= 0.6 is 0 Å². The number of anilines is 1. The lowest BCUT2D eigenvalue weighted by Gasteiger charge is -2.15. The Hall–Kier alpha value is -1.96. The quantitative estimate of drug-likeness (QED) is 0.638. The second kappa shape index (κ2) is 5.79. The molecular weight excluding hydrogens is 265 g/mol. The molecule has 106 valence electrons. The summed E-state index contributed by atoms with van der Waals surface area (Å²) in [7, 11) is 1.13. The van der Waals surface area contributed by atoms with E-state index < -0.39 is 24.1 Å². The summed E-state index contributed by atoms with van der Waals surface area (Å²) >= 11 is 0. The number of carbonyl (C=O) groups is 1. The molecule has 0 unspecified atom stereocenters. The van der Waals surface area contributed by atoms with Gasteiger partial charge in [-0.1, -0.05) is 0 Å². The van der Waals surface area contributed by atoms with Gasteiger partial charge in [0.25, 0.3) is 0 Å². The second-order valence-corrected chi connectivity index (χ2v) is 3.75. The molecule has 0 aromatic heterocycles. The number of methoxy groups -OCH3 is 1. The third kappa shape index (κ3) is 4.66. The SMILES string of the molecule is COC(=O)[C@H](N)Cc1cc(N)ccc1OC(F)(F)F. The molecule has 0 saturated heterocycles. The zero-order chi connectivity index (χ0) is 14.6. The number of carbonyl (C=O) groups excluding carboxylic acids is 1. The third-order valence-corrected chi connectivity index (χ3v) is 2.25. The zero-order valence-electron chi connectivity index (χ0n) is 10.0. The Morgan fingerprint density at radius 1 is 1.42 bits per heavy atom. The van der Waals surface area contributed by atoms with Crippen LogP contribution < -0.4 is 16.2 Å². The van der Waals surface area contributed by atoms with E-state index in [1.165, 1.54) is 12.1 Å². The largest absolute Gasteiger partial charge is 0.573 e. The van der Waals surface area contributed by atoms with Gasteiger partial charge in [0.05, 0.1) is 7.11 Å². The van der Waals surface area contributed by atoms with Crippen LogP contribution in [-0.4, -0.2) is 25.5 Å². The van der Waals surface area contributed by atoms with E-state index in [0.29, 0.717) is 0 Å². The first-order chi connectivity index (χ1) is 8.73. The molecule has 0 spiro atoms. The maximum absolute atomic E-state index is 12.2. The highest BCUT2D eigenvalue weighted by Crippen LogP contribution is 2.28. The fourth-order valence-corrected chi connectivity index (χ4v) is 1.45. The Kier molecular flexibility index (Phi) is 4.60. The summed E-state index contributed by atoms with van der Waals surface area (Å²) in [5.74, 6) is -1.18. The molecule has 1 aromatic carbocycles. The minimum atomic E-state index is -4.83. The fraction of sp³-hybridized carbons (Fsp3) is 0.364. The lowest BCUT2D eigenvalue weighted by Crippen LogP contribution is -2.34. The molecule has 0 amide bonds. The maximum Gasteiger partial charge on any atom is 0.573 e. The van der Waals surface area contributed by atoms with E-state index in [9.17, 15) is 18.0 Å². The van der Waals surface area contributed by atoms with Crippen LogP contribution in [0.4, 0.5) is 18.9 Å². The number of ether oxygens (including phenoxy) is 2. The van der Waals surface area contributed by atoms with Crippen molar-refractivity contribution in [3.05, 3.63) is 23.8 Å². The van der Waals surface area contributed by atoms with Gasteiger partial charge in [0.15, 0.2) is 0 Å². The van der Waals surface area contributed by atoms with Crippen molar-refractivity contribution >= 4 is 11.7 Å². The average Bonchev–Trinajstić information content (AvgIpc) is 2.30. The standard InChI is InChI=1S/C11H13F3N2O3/c1-18-10(17)8(16)5-6-4-7(15)2-3-9(6)19-11(12,13)14/h2-4,8H,5,15-16H2,1H3/t8-/m1/s1. The lowest BCUT2D eigenvalue weighted by atomic mass is 10.0. The minimum Gasteiger partial charge on any atom is -0.468 e. The van der Waals surface area contributed by atoms with Gasteiger partial charge >= 0.3 is 12.3 Å². The fourth-order valence-electron chi connectivity index (χ4n) is 1.45. The summed E-state index contributed by atoms with van der Waals surface area (Å²) in [5, 5.41) is 0. The van der Waals surface area contributed by atoms with Crippen molar-refractivity contribution in [1.82, 2.24) is 0 Å². The number of rotatable bonds is 4. The predicted molar refractivity (Wildman–Crippen MR) is 61.2 cm³/mol. The first kappa shape index (κ1) is 15.1. The van der Waals surface area contributed by atoms with Gasteiger partial charge in [0, 0.05) is 12.1 Å². The Morgan fingerprint density at radius 2 is 2.05 bits per heavy atom. The van der Waals surface area contributed by atoms with Crippen molar-refractivity contribution in [2.75, 3.05) is 12.8 Å². The first-order valence-corrected chi connectivity index (χ1v) is 5.20. The van der Waals surface area contributed by atoms with Crippen molar-refractivity contribution in [3.8, 4) is 5.75 Å². The number of halogens is 3. The first-order valence-electron chi connectivity index (χ1n) is 5.20. The summed E-state index contributed by atoms with van der Waals surface area (Å²) in [6.07, 6.45) is -5.01. The average molecular weight is 278 g/mol. The molecule has 0 fully saturated rings. The van der Waals surface area contributed by atoms with Gasteiger partial charge in [-0.3, -0.25) is 4.79 Å². The number of esters is 1. The Morgan fingerprint density at radius 3 is 2.58 bits per heavy atom. The molecule has 1 aromatic rings. The topological polar surface area (TPSA) is 87.6 Å². The van der Waals surface area contributed by atoms with Gasteiger partial charge in [0.2, 0.25) is 0 Å². The maximum atomic E-state index is 12.2. The third-order valence-electron chi connectivity index (χ3n) is 2.25. The molecule has 4 N–H and O–H groups in total. The van der Waals surface area contributed by atoms with Gasteiger partial charge < -0.3 is 20.9 Å². The van der Waals surface area contributed by atoms with Crippen LogP contribution in [0.3, 0.4) is 0 Å². The highest BCUT2D eigenvalue weighted by molar-refractivity contribution is 5.76.